The normalized spacial score (nSPS) is 12.6. The van der Waals surface area contributed by atoms with Gasteiger partial charge in [0.05, 0.1) is 0 Å². The minimum Gasteiger partial charge on any atom is -0.233 e. The minimum absolute atomic E-state index is 0.532. The Balaban J connectivity index is 2.99. The van der Waals surface area contributed by atoms with E-state index in [1.165, 1.54) is 0 Å². The van der Waals surface area contributed by atoms with E-state index in [0.717, 1.165) is 19.3 Å². The molecule has 1 atom stereocenters. The maximum Gasteiger partial charge on any atom is 0.160 e. The third-order valence-corrected chi connectivity index (χ3v) is 1.24. The van der Waals surface area contributed by atoms with Crippen molar-refractivity contribution in [3.8, 4) is 12.3 Å². The third kappa shape index (κ3) is 5.36. The maximum atomic E-state index is 12.2. The van der Waals surface area contributed by atoms with E-state index in [0.29, 0.717) is 6.42 Å². The second-order valence-electron chi connectivity index (χ2n) is 2.13. The molecule has 0 amide bonds. The van der Waals surface area contributed by atoms with E-state index >= 15 is 0 Å². The van der Waals surface area contributed by atoms with Gasteiger partial charge in [-0.2, -0.15) is 0 Å². The van der Waals surface area contributed by atoms with Crippen LogP contribution in [0.3, 0.4) is 0 Å². The van der Waals surface area contributed by atoms with Gasteiger partial charge in [0.15, 0.2) is 6.17 Å². The highest BCUT2D eigenvalue weighted by Crippen LogP contribution is 2.04. The Morgan fingerprint density at radius 1 is 1.56 bits per heavy atom. The summed E-state index contributed by atoms with van der Waals surface area (Å²) in [5.74, 6) is 2.06. The van der Waals surface area contributed by atoms with Gasteiger partial charge in [-0.1, -0.05) is 25.7 Å². The van der Waals surface area contributed by atoms with Crippen LogP contribution in [0.15, 0.2) is 0 Å². The molecule has 1 heteroatoms. The fourth-order valence-corrected chi connectivity index (χ4v) is 0.657. The average molecular weight is 128 g/mol. The van der Waals surface area contributed by atoms with Crippen LogP contribution in [0.4, 0.5) is 4.39 Å². The summed E-state index contributed by atoms with van der Waals surface area (Å²) in [5, 5.41) is 0. The van der Waals surface area contributed by atoms with E-state index in [4.69, 9.17) is 6.42 Å². The van der Waals surface area contributed by atoms with Crippen molar-refractivity contribution in [2.24, 2.45) is 0 Å². The summed E-state index contributed by atoms with van der Waals surface area (Å²) in [6, 6.07) is 0. The van der Waals surface area contributed by atoms with Gasteiger partial charge in [-0.15, -0.1) is 6.42 Å². The van der Waals surface area contributed by atoms with Gasteiger partial charge in [0, 0.05) is 0 Å². The zero-order valence-corrected chi connectivity index (χ0v) is 5.86. The van der Waals surface area contributed by atoms with Gasteiger partial charge in [0.1, 0.15) is 0 Å². The van der Waals surface area contributed by atoms with Crippen molar-refractivity contribution in [1.29, 1.82) is 0 Å². The first-order valence-electron chi connectivity index (χ1n) is 3.41. The van der Waals surface area contributed by atoms with Crippen molar-refractivity contribution >= 4 is 0 Å². The Labute approximate surface area is 56.5 Å². The predicted octanol–water partition coefficient (Wildman–Crippen LogP) is 2.54. The lowest BCUT2D eigenvalue weighted by Crippen LogP contribution is -1.93. The third-order valence-electron chi connectivity index (χ3n) is 1.24. The number of terminal acetylenes is 1. The van der Waals surface area contributed by atoms with Crippen molar-refractivity contribution in [3.05, 3.63) is 0 Å². The van der Waals surface area contributed by atoms with Crippen molar-refractivity contribution in [3.63, 3.8) is 0 Å². The highest BCUT2D eigenvalue weighted by atomic mass is 19.1. The Bertz CT molecular complexity index is 91.2. The van der Waals surface area contributed by atoms with Crippen LogP contribution in [0.2, 0.25) is 0 Å². The van der Waals surface area contributed by atoms with Crippen LogP contribution in [0, 0.1) is 12.3 Å². The van der Waals surface area contributed by atoms with Crippen LogP contribution in [0.5, 0.6) is 0 Å². The number of halogens is 1. The van der Waals surface area contributed by atoms with Crippen molar-refractivity contribution in [2.45, 2.75) is 38.8 Å². The van der Waals surface area contributed by atoms with E-state index < -0.39 is 6.17 Å². The minimum atomic E-state index is -1.02. The van der Waals surface area contributed by atoms with Gasteiger partial charge in [-0.05, 0) is 12.8 Å². The van der Waals surface area contributed by atoms with Crippen LogP contribution in [0.25, 0.3) is 0 Å². The number of alkyl halides is 1. The molecule has 1 unspecified atom stereocenters. The van der Waals surface area contributed by atoms with Crippen LogP contribution < -0.4 is 0 Å². The van der Waals surface area contributed by atoms with Gasteiger partial charge in [0.25, 0.3) is 0 Å². The van der Waals surface area contributed by atoms with Crippen LogP contribution in [0.1, 0.15) is 32.6 Å². The van der Waals surface area contributed by atoms with E-state index in [1.807, 2.05) is 0 Å². The quantitative estimate of drug-likeness (QED) is 0.403. The fraction of sp³-hybridized carbons (Fsp3) is 0.750. The van der Waals surface area contributed by atoms with Gasteiger partial charge in [-0.25, -0.2) is 4.39 Å². The summed E-state index contributed by atoms with van der Waals surface area (Å²) in [6.07, 6.45) is 7.47. The highest BCUT2D eigenvalue weighted by Gasteiger charge is 1.98. The standard InChI is InChI=1S/C8H13F/c1-3-5-6-7-8(9)4-2/h2,8H,3,5-7H2,1H3. The molecule has 0 fully saturated rings. The molecule has 0 N–H and O–H groups in total. The number of rotatable bonds is 4. The lowest BCUT2D eigenvalue weighted by atomic mass is 10.1. The fourth-order valence-electron chi connectivity index (χ4n) is 0.657. The number of hydrogen-bond acceptors (Lipinski definition) is 0. The first-order chi connectivity index (χ1) is 4.31. The molecule has 0 aliphatic heterocycles. The van der Waals surface area contributed by atoms with Crippen molar-refractivity contribution in [2.75, 3.05) is 0 Å². The molecule has 0 radical (unpaired) electrons. The summed E-state index contributed by atoms with van der Waals surface area (Å²) in [7, 11) is 0. The molecule has 0 rings (SSSR count). The van der Waals surface area contributed by atoms with E-state index in [-0.39, 0.29) is 0 Å². The molecular weight excluding hydrogens is 115 g/mol. The van der Waals surface area contributed by atoms with E-state index in [1.54, 1.807) is 0 Å². The lowest BCUT2D eigenvalue weighted by molar-refractivity contribution is 0.378. The first kappa shape index (κ1) is 8.49. The predicted molar refractivity (Wildman–Crippen MR) is 37.9 cm³/mol. The van der Waals surface area contributed by atoms with Gasteiger partial charge in [0.2, 0.25) is 0 Å². The second kappa shape index (κ2) is 5.62. The zero-order chi connectivity index (χ0) is 7.11. The van der Waals surface area contributed by atoms with Crippen molar-refractivity contribution in [1.82, 2.24) is 0 Å². The summed E-state index contributed by atoms with van der Waals surface area (Å²) in [5.41, 5.74) is 0. The topological polar surface area (TPSA) is 0 Å². The number of unbranched alkanes of at least 4 members (excludes halogenated alkanes) is 2. The van der Waals surface area contributed by atoms with Crippen LogP contribution in [-0.2, 0) is 0 Å². The van der Waals surface area contributed by atoms with E-state index in [2.05, 4.69) is 12.8 Å². The molecule has 0 aromatic carbocycles. The molecule has 0 aromatic rings. The Morgan fingerprint density at radius 2 is 2.22 bits per heavy atom. The Kier molecular flexibility index (Phi) is 5.30. The summed E-state index contributed by atoms with van der Waals surface area (Å²) in [6.45, 7) is 2.09. The summed E-state index contributed by atoms with van der Waals surface area (Å²) < 4.78 is 12.2. The summed E-state index contributed by atoms with van der Waals surface area (Å²) >= 11 is 0. The zero-order valence-electron chi connectivity index (χ0n) is 5.86. The Morgan fingerprint density at radius 3 is 2.67 bits per heavy atom. The first-order valence-corrected chi connectivity index (χ1v) is 3.41. The average Bonchev–Trinajstić information content (AvgIpc) is 1.89. The monoisotopic (exact) mass is 128 g/mol. The smallest absolute Gasteiger partial charge is 0.160 e. The van der Waals surface area contributed by atoms with Crippen LogP contribution >= 0.6 is 0 Å². The van der Waals surface area contributed by atoms with Gasteiger partial charge >= 0.3 is 0 Å². The molecular formula is C8H13F. The molecule has 0 aromatic heterocycles. The molecule has 0 saturated heterocycles. The summed E-state index contributed by atoms with van der Waals surface area (Å²) in [4.78, 5) is 0. The SMILES string of the molecule is C#CC(F)CCCCC. The largest absolute Gasteiger partial charge is 0.233 e. The maximum absolute atomic E-state index is 12.2. The molecule has 0 spiro atoms. The number of hydrogen-bond donors (Lipinski definition) is 0. The molecule has 0 aliphatic rings. The molecule has 0 nitrogen and oxygen atoms in total. The van der Waals surface area contributed by atoms with Crippen LogP contribution in [-0.4, -0.2) is 6.17 Å². The van der Waals surface area contributed by atoms with Crippen molar-refractivity contribution < 1.29 is 4.39 Å². The molecule has 0 bridgehead atoms. The lowest BCUT2D eigenvalue weighted by Gasteiger charge is -1.97. The second-order valence-corrected chi connectivity index (χ2v) is 2.13. The molecule has 0 aliphatic carbocycles. The van der Waals surface area contributed by atoms with E-state index in [9.17, 15) is 4.39 Å². The molecule has 0 heterocycles. The van der Waals surface area contributed by atoms with Gasteiger partial charge in [-0.3, -0.25) is 0 Å². The van der Waals surface area contributed by atoms with Gasteiger partial charge < -0.3 is 0 Å². The molecule has 9 heavy (non-hydrogen) atoms. The Hall–Kier alpha value is -0.510. The molecule has 0 saturated carbocycles. The molecule has 52 valence electrons. The highest BCUT2D eigenvalue weighted by molar-refractivity contribution is 4.93.